The molecule has 0 aliphatic heterocycles. The van der Waals surface area contributed by atoms with E-state index in [1.165, 1.54) is 7.11 Å². The van der Waals surface area contributed by atoms with Crippen LogP contribution in [-0.4, -0.2) is 43.2 Å². The molecule has 2 aromatic rings. The maximum Gasteiger partial charge on any atom is 0.254 e. The van der Waals surface area contributed by atoms with Crippen molar-refractivity contribution >= 4 is 5.91 Å². The Morgan fingerprint density at radius 1 is 1.19 bits per heavy atom. The Labute approximate surface area is 154 Å². The first kappa shape index (κ1) is 19.6. The fourth-order valence-corrected chi connectivity index (χ4v) is 2.55. The average molecular weight is 358 g/mol. The summed E-state index contributed by atoms with van der Waals surface area (Å²) < 4.78 is 10.7. The molecule has 0 saturated carbocycles. The van der Waals surface area contributed by atoms with Gasteiger partial charge in [-0.1, -0.05) is 12.1 Å². The summed E-state index contributed by atoms with van der Waals surface area (Å²) in [4.78, 5) is 14.3. The molecule has 0 radical (unpaired) electrons. The molecule has 0 heterocycles. The highest BCUT2D eigenvalue weighted by Crippen LogP contribution is 2.27. The maximum absolute atomic E-state index is 12.7. The topological polar surface area (TPSA) is 85.0 Å². The number of rotatable bonds is 8. The molecule has 3 N–H and O–H groups in total. The Morgan fingerprint density at radius 2 is 1.96 bits per heavy atom. The number of benzene rings is 2. The van der Waals surface area contributed by atoms with E-state index in [9.17, 15) is 9.90 Å². The lowest BCUT2D eigenvalue weighted by molar-refractivity contribution is 0.0784. The lowest BCUT2D eigenvalue weighted by Crippen LogP contribution is -2.26. The van der Waals surface area contributed by atoms with E-state index < -0.39 is 0 Å². The van der Waals surface area contributed by atoms with Gasteiger partial charge in [-0.15, -0.1) is 0 Å². The molecule has 6 heteroatoms. The second-order valence-electron chi connectivity index (χ2n) is 6.14. The number of nitrogens with zero attached hydrogens (tertiary/aromatic N) is 1. The Morgan fingerprint density at radius 3 is 2.62 bits per heavy atom. The van der Waals surface area contributed by atoms with Crippen LogP contribution in [0.15, 0.2) is 36.4 Å². The van der Waals surface area contributed by atoms with Crippen molar-refractivity contribution in [2.75, 3.05) is 27.3 Å². The molecule has 0 unspecified atom stereocenters. The van der Waals surface area contributed by atoms with Crippen LogP contribution < -0.4 is 15.2 Å². The fraction of sp³-hybridized carbons (Fsp3) is 0.350. The molecule has 2 rings (SSSR count). The number of ether oxygens (including phenoxy) is 2. The number of aryl methyl sites for hydroxylation is 1. The van der Waals surface area contributed by atoms with Crippen LogP contribution in [0.2, 0.25) is 0 Å². The van der Waals surface area contributed by atoms with Crippen LogP contribution in [-0.2, 0) is 6.54 Å². The second-order valence-corrected chi connectivity index (χ2v) is 6.14. The normalized spacial score (nSPS) is 10.5. The van der Waals surface area contributed by atoms with Gasteiger partial charge in [-0.3, -0.25) is 4.79 Å². The van der Waals surface area contributed by atoms with Gasteiger partial charge in [0, 0.05) is 19.2 Å². The minimum absolute atomic E-state index is 0.0526. The van der Waals surface area contributed by atoms with Crippen LogP contribution >= 0.6 is 0 Å². The zero-order valence-electron chi connectivity index (χ0n) is 15.5. The van der Waals surface area contributed by atoms with E-state index in [4.69, 9.17) is 15.2 Å². The van der Waals surface area contributed by atoms with E-state index in [1.54, 1.807) is 36.2 Å². The Balaban J connectivity index is 2.09. The number of carbonyl (C=O) groups is 1. The first-order chi connectivity index (χ1) is 12.5. The van der Waals surface area contributed by atoms with Crippen molar-refractivity contribution < 1.29 is 19.4 Å². The maximum atomic E-state index is 12.7. The van der Waals surface area contributed by atoms with Gasteiger partial charge in [-0.2, -0.15) is 0 Å². The molecule has 140 valence electrons. The third kappa shape index (κ3) is 4.89. The summed E-state index contributed by atoms with van der Waals surface area (Å²) in [5.74, 6) is 1.03. The van der Waals surface area contributed by atoms with Gasteiger partial charge < -0.3 is 25.2 Å². The number of carbonyl (C=O) groups excluding carboxylic acids is 1. The molecule has 0 saturated heterocycles. The molecule has 6 nitrogen and oxygen atoms in total. The fourth-order valence-electron chi connectivity index (χ4n) is 2.55. The van der Waals surface area contributed by atoms with Crippen LogP contribution in [0.5, 0.6) is 17.2 Å². The van der Waals surface area contributed by atoms with Crippen molar-refractivity contribution in [1.82, 2.24) is 4.90 Å². The predicted molar refractivity (Wildman–Crippen MR) is 101 cm³/mol. The molecule has 26 heavy (non-hydrogen) atoms. The molecule has 0 aromatic heterocycles. The number of phenolic OH excluding ortho intramolecular Hbond substituents is 1. The molecule has 0 spiro atoms. The highest BCUT2D eigenvalue weighted by molar-refractivity contribution is 5.94. The van der Waals surface area contributed by atoms with Gasteiger partial charge in [0.15, 0.2) is 11.5 Å². The van der Waals surface area contributed by atoms with Crippen molar-refractivity contribution in [2.45, 2.75) is 19.9 Å². The van der Waals surface area contributed by atoms with Gasteiger partial charge in [-0.25, -0.2) is 0 Å². The third-order valence-corrected chi connectivity index (χ3v) is 4.05. The smallest absolute Gasteiger partial charge is 0.254 e. The van der Waals surface area contributed by atoms with Crippen molar-refractivity contribution in [2.24, 2.45) is 5.73 Å². The van der Waals surface area contributed by atoms with Crippen LogP contribution in [0.1, 0.15) is 27.9 Å². The molecule has 0 aliphatic rings. The van der Waals surface area contributed by atoms with Gasteiger partial charge in [0.25, 0.3) is 5.91 Å². The number of methoxy groups -OCH3 is 1. The first-order valence-electron chi connectivity index (χ1n) is 8.51. The van der Waals surface area contributed by atoms with Gasteiger partial charge in [0.05, 0.1) is 13.7 Å². The summed E-state index contributed by atoms with van der Waals surface area (Å²) >= 11 is 0. The summed E-state index contributed by atoms with van der Waals surface area (Å²) in [6, 6.07) is 10.5. The zero-order valence-corrected chi connectivity index (χ0v) is 15.5. The molecule has 1 amide bonds. The predicted octanol–water partition coefficient (Wildman–Crippen LogP) is 2.71. The lowest BCUT2D eigenvalue weighted by Gasteiger charge is -2.19. The van der Waals surface area contributed by atoms with Crippen molar-refractivity contribution in [1.29, 1.82) is 0 Å². The average Bonchev–Trinajstić information content (AvgIpc) is 2.63. The zero-order chi connectivity index (χ0) is 19.1. The number of phenols is 1. The van der Waals surface area contributed by atoms with E-state index in [-0.39, 0.29) is 11.7 Å². The van der Waals surface area contributed by atoms with E-state index in [0.29, 0.717) is 36.8 Å². The van der Waals surface area contributed by atoms with Crippen LogP contribution in [0.3, 0.4) is 0 Å². The monoisotopic (exact) mass is 358 g/mol. The van der Waals surface area contributed by atoms with E-state index in [1.807, 2.05) is 19.1 Å². The third-order valence-electron chi connectivity index (χ3n) is 4.05. The van der Waals surface area contributed by atoms with Gasteiger partial charge in [0.1, 0.15) is 5.75 Å². The van der Waals surface area contributed by atoms with Gasteiger partial charge in [-0.05, 0) is 55.3 Å². The van der Waals surface area contributed by atoms with Gasteiger partial charge >= 0.3 is 0 Å². The SMILES string of the molecule is COc1ccc(CN(C)C(=O)c2ccc(C)c(OCCCN)c2)cc1O. The molecule has 0 fully saturated rings. The Bertz CT molecular complexity index is 761. The number of nitrogens with two attached hydrogens (primary N) is 1. The summed E-state index contributed by atoms with van der Waals surface area (Å²) in [5.41, 5.74) is 7.82. The Kier molecular flexibility index (Phi) is 6.86. The minimum atomic E-state index is -0.121. The molecular weight excluding hydrogens is 332 g/mol. The Hall–Kier alpha value is -2.73. The number of amides is 1. The second kappa shape index (κ2) is 9.10. The number of hydrogen-bond acceptors (Lipinski definition) is 5. The molecule has 0 aliphatic carbocycles. The first-order valence-corrected chi connectivity index (χ1v) is 8.51. The van der Waals surface area contributed by atoms with E-state index in [0.717, 1.165) is 17.5 Å². The summed E-state index contributed by atoms with van der Waals surface area (Å²) in [5, 5.41) is 9.88. The quantitative estimate of drug-likeness (QED) is 0.709. The molecule has 0 atom stereocenters. The van der Waals surface area contributed by atoms with Crippen molar-refractivity contribution in [3.8, 4) is 17.2 Å². The lowest BCUT2D eigenvalue weighted by atomic mass is 10.1. The molecule has 0 bridgehead atoms. The summed E-state index contributed by atoms with van der Waals surface area (Å²) in [6.45, 7) is 3.40. The van der Waals surface area contributed by atoms with Crippen LogP contribution in [0.4, 0.5) is 0 Å². The van der Waals surface area contributed by atoms with Crippen molar-refractivity contribution in [3.05, 3.63) is 53.1 Å². The minimum Gasteiger partial charge on any atom is -0.504 e. The number of hydrogen-bond donors (Lipinski definition) is 2. The highest BCUT2D eigenvalue weighted by atomic mass is 16.5. The van der Waals surface area contributed by atoms with Crippen molar-refractivity contribution in [3.63, 3.8) is 0 Å². The largest absolute Gasteiger partial charge is 0.504 e. The van der Waals surface area contributed by atoms with Gasteiger partial charge in [0.2, 0.25) is 0 Å². The van der Waals surface area contributed by atoms with E-state index in [2.05, 4.69) is 0 Å². The summed E-state index contributed by atoms with van der Waals surface area (Å²) in [7, 11) is 3.22. The standard InChI is InChI=1S/C20H26N2O4/c1-14-5-7-16(12-19(14)26-10-4-9-21)20(24)22(2)13-15-6-8-18(25-3)17(23)11-15/h5-8,11-12,23H,4,9-10,13,21H2,1-3H3. The summed E-state index contributed by atoms with van der Waals surface area (Å²) in [6.07, 6.45) is 0.762. The van der Waals surface area contributed by atoms with Crippen LogP contribution in [0.25, 0.3) is 0 Å². The highest BCUT2D eigenvalue weighted by Gasteiger charge is 2.15. The molecule has 2 aromatic carbocycles. The molecular formula is C20H26N2O4. The van der Waals surface area contributed by atoms with Crippen LogP contribution in [0, 0.1) is 6.92 Å². The van der Waals surface area contributed by atoms with E-state index >= 15 is 0 Å². The number of aromatic hydroxyl groups is 1.